The lowest BCUT2D eigenvalue weighted by Gasteiger charge is -2.23. The van der Waals surface area contributed by atoms with Crippen LogP contribution in [0.4, 0.5) is 17.1 Å². The molecule has 0 radical (unpaired) electrons. The number of hydrogen-bond donors (Lipinski definition) is 2. The van der Waals surface area contributed by atoms with Gasteiger partial charge in [0.05, 0.1) is 29.0 Å². The molecule has 0 fully saturated rings. The van der Waals surface area contributed by atoms with E-state index in [1.807, 2.05) is 42.5 Å². The zero-order valence-corrected chi connectivity index (χ0v) is 21.2. The number of anilines is 3. The summed E-state index contributed by atoms with van der Waals surface area (Å²) in [6, 6.07) is 18.4. The smallest absolute Gasteiger partial charge is 0.262 e. The predicted molar refractivity (Wildman–Crippen MR) is 145 cm³/mol. The lowest BCUT2D eigenvalue weighted by molar-refractivity contribution is -0.118. The van der Waals surface area contributed by atoms with Crippen molar-refractivity contribution in [3.8, 4) is 11.5 Å². The fourth-order valence-corrected chi connectivity index (χ4v) is 4.92. The molecule has 1 heterocycles. The number of carbonyl (C=O) groups is 1. The van der Waals surface area contributed by atoms with Gasteiger partial charge in [0.15, 0.2) is 6.61 Å². The second-order valence-corrected chi connectivity index (χ2v) is 9.43. The minimum absolute atomic E-state index is 0.186. The maximum atomic E-state index is 12.6. The fourth-order valence-electron chi connectivity index (χ4n) is 4.46. The highest BCUT2D eigenvalue weighted by atomic mass is 35.5. The Balaban J connectivity index is 1.44. The summed E-state index contributed by atoms with van der Waals surface area (Å²) in [5.74, 6) is 0.855. The highest BCUT2D eigenvalue weighted by Gasteiger charge is 2.20. The molecule has 0 bridgehead atoms. The largest absolute Gasteiger partial charge is 0.495 e. The van der Waals surface area contributed by atoms with Crippen LogP contribution >= 0.6 is 23.2 Å². The van der Waals surface area contributed by atoms with E-state index in [9.17, 15) is 4.79 Å². The first-order chi connectivity index (χ1) is 17.5. The zero-order valence-electron chi connectivity index (χ0n) is 19.7. The van der Waals surface area contributed by atoms with Gasteiger partial charge < -0.3 is 20.1 Å². The van der Waals surface area contributed by atoms with Gasteiger partial charge in [-0.05, 0) is 79.8 Å². The number of amides is 1. The van der Waals surface area contributed by atoms with Crippen LogP contribution in [-0.4, -0.2) is 24.6 Å². The third kappa shape index (κ3) is 5.20. The number of nitrogens with zero attached hydrogens (tertiary/aromatic N) is 1. The number of nitrogens with one attached hydrogen (secondary N) is 2. The first-order valence-corrected chi connectivity index (χ1v) is 12.5. The summed E-state index contributed by atoms with van der Waals surface area (Å²) in [5, 5.41) is 8.30. The van der Waals surface area contributed by atoms with Crippen molar-refractivity contribution >= 4 is 57.1 Å². The number of para-hydroxylation sites is 2. The summed E-state index contributed by atoms with van der Waals surface area (Å²) in [6.07, 6.45) is 4.14. The monoisotopic (exact) mass is 521 g/mol. The summed E-state index contributed by atoms with van der Waals surface area (Å²) in [6.45, 7) is -0.186. The zero-order chi connectivity index (χ0) is 25.1. The van der Waals surface area contributed by atoms with Crippen molar-refractivity contribution in [1.82, 2.24) is 4.98 Å². The van der Waals surface area contributed by atoms with Gasteiger partial charge in [-0.3, -0.25) is 9.78 Å². The van der Waals surface area contributed by atoms with E-state index in [1.54, 1.807) is 25.3 Å². The molecule has 36 heavy (non-hydrogen) atoms. The first-order valence-electron chi connectivity index (χ1n) is 11.7. The number of rotatable bonds is 7. The summed E-state index contributed by atoms with van der Waals surface area (Å²) in [4.78, 5) is 17.6. The van der Waals surface area contributed by atoms with Crippen molar-refractivity contribution < 1.29 is 14.3 Å². The molecule has 4 aromatic rings. The Morgan fingerprint density at radius 2 is 1.83 bits per heavy atom. The molecule has 8 heteroatoms. The summed E-state index contributed by atoms with van der Waals surface area (Å²) < 4.78 is 11.1. The van der Waals surface area contributed by atoms with Gasteiger partial charge in [0, 0.05) is 21.8 Å². The number of carbonyl (C=O) groups excluding carboxylic acids is 1. The molecule has 0 spiro atoms. The van der Waals surface area contributed by atoms with Gasteiger partial charge in [0.2, 0.25) is 0 Å². The number of fused-ring (bicyclic) bond motifs is 2. The van der Waals surface area contributed by atoms with Gasteiger partial charge in [-0.1, -0.05) is 35.3 Å². The molecule has 1 aliphatic rings. The quantitative estimate of drug-likeness (QED) is 0.269. The predicted octanol–water partition coefficient (Wildman–Crippen LogP) is 7.19. The molecule has 3 aromatic carbocycles. The Labute approximate surface area is 219 Å². The second-order valence-electron chi connectivity index (χ2n) is 8.59. The lowest BCUT2D eigenvalue weighted by atomic mass is 9.92. The van der Waals surface area contributed by atoms with Crippen LogP contribution in [0.15, 0.2) is 60.7 Å². The van der Waals surface area contributed by atoms with Gasteiger partial charge >= 0.3 is 0 Å². The number of benzene rings is 3. The minimum atomic E-state index is -0.300. The Morgan fingerprint density at radius 1 is 1.00 bits per heavy atom. The molecule has 1 amide bonds. The van der Waals surface area contributed by atoms with Crippen LogP contribution in [0.2, 0.25) is 10.0 Å². The molecule has 184 valence electrons. The Bertz CT molecular complexity index is 1440. The Hall–Kier alpha value is -3.48. The van der Waals surface area contributed by atoms with Crippen LogP contribution in [0.1, 0.15) is 24.1 Å². The minimum Gasteiger partial charge on any atom is -0.495 e. The fraction of sp³-hybridized carbons (Fsp3) is 0.214. The van der Waals surface area contributed by atoms with E-state index in [0.717, 1.165) is 59.4 Å². The molecule has 0 aliphatic heterocycles. The molecule has 0 saturated heterocycles. The van der Waals surface area contributed by atoms with Crippen LogP contribution in [0.3, 0.4) is 0 Å². The van der Waals surface area contributed by atoms with E-state index in [4.69, 9.17) is 37.7 Å². The van der Waals surface area contributed by atoms with Crippen LogP contribution in [0, 0.1) is 0 Å². The van der Waals surface area contributed by atoms with Crippen LogP contribution < -0.4 is 20.1 Å². The number of pyridine rings is 1. The number of hydrogen-bond acceptors (Lipinski definition) is 5. The topological polar surface area (TPSA) is 72.5 Å². The molecule has 0 atom stereocenters. The molecular weight excluding hydrogens is 497 g/mol. The van der Waals surface area contributed by atoms with Gasteiger partial charge in [0.1, 0.15) is 11.5 Å². The van der Waals surface area contributed by atoms with E-state index in [-0.39, 0.29) is 12.5 Å². The van der Waals surface area contributed by atoms with Crippen molar-refractivity contribution in [2.45, 2.75) is 25.7 Å². The second kappa shape index (κ2) is 10.6. The molecular formula is C28H25Cl2N3O3. The van der Waals surface area contributed by atoms with E-state index in [0.29, 0.717) is 21.5 Å². The van der Waals surface area contributed by atoms with Crippen molar-refractivity contribution in [3.05, 3.63) is 82.0 Å². The summed E-state index contributed by atoms with van der Waals surface area (Å²) in [5.41, 5.74) is 5.73. The van der Waals surface area contributed by atoms with Crippen molar-refractivity contribution in [3.63, 3.8) is 0 Å². The molecule has 5 rings (SSSR count). The molecule has 6 nitrogen and oxygen atoms in total. The normalized spacial score (nSPS) is 12.6. The average Bonchev–Trinajstić information content (AvgIpc) is 2.88. The maximum absolute atomic E-state index is 12.6. The summed E-state index contributed by atoms with van der Waals surface area (Å²) in [7, 11) is 1.66. The number of halogens is 2. The standard InChI is InChI=1S/C28H25Cl2N3O3/c1-35-26-9-5-4-8-24(26)33-28-19-6-2-3-7-22(19)32-23-12-11-18(15-20(23)28)31-27(34)16-36-25-13-10-17(29)14-21(25)30/h4-5,8-15H,2-3,6-7,16H2,1H3,(H,31,34)(H,32,33). The van der Waals surface area contributed by atoms with Crippen molar-refractivity contribution in [2.24, 2.45) is 0 Å². The Morgan fingerprint density at radius 3 is 2.67 bits per heavy atom. The van der Waals surface area contributed by atoms with Crippen LogP contribution in [-0.2, 0) is 17.6 Å². The molecule has 0 saturated carbocycles. The van der Waals surface area contributed by atoms with Crippen LogP contribution in [0.25, 0.3) is 10.9 Å². The van der Waals surface area contributed by atoms with E-state index in [1.165, 1.54) is 5.56 Å². The molecule has 1 aliphatic carbocycles. The van der Waals surface area contributed by atoms with Crippen molar-refractivity contribution in [1.29, 1.82) is 0 Å². The maximum Gasteiger partial charge on any atom is 0.262 e. The average molecular weight is 522 g/mol. The highest BCUT2D eigenvalue weighted by molar-refractivity contribution is 6.35. The van der Waals surface area contributed by atoms with Gasteiger partial charge in [-0.2, -0.15) is 0 Å². The number of aryl methyl sites for hydroxylation is 1. The highest BCUT2D eigenvalue weighted by Crippen LogP contribution is 2.38. The van der Waals surface area contributed by atoms with Crippen molar-refractivity contribution in [2.75, 3.05) is 24.4 Å². The first kappa shape index (κ1) is 24.2. The SMILES string of the molecule is COc1ccccc1Nc1c2c(nc3ccc(NC(=O)COc4ccc(Cl)cc4Cl)cc13)CCCC2. The van der Waals surface area contributed by atoms with E-state index < -0.39 is 0 Å². The third-order valence-corrected chi connectivity index (χ3v) is 6.70. The van der Waals surface area contributed by atoms with E-state index >= 15 is 0 Å². The van der Waals surface area contributed by atoms with Crippen LogP contribution in [0.5, 0.6) is 11.5 Å². The lowest BCUT2D eigenvalue weighted by Crippen LogP contribution is -2.20. The van der Waals surface area contributed by atoms with Gasteiger partial charge in [-0.25, -0.2) is 0 Å². The van der Waals surface area contributed by atoms with Gasteiger partial charge in [-0.15, -0.1) is 0 Å². The Kier molecular flexibility index (Phi) is 7.16. The number of methoxy groups -OCH3 is 1. The third-order valence-electron chi connectivity index (χ3n) is 6.16. The number of ether oxygens (including phenoxy) is 2. The molecule has 0 unspecified atom stereocenters. The molecule has 1 aromatic heterocycles. The van der Waals surface area contributed by atoms with E-state index in [2.05, 4.69) is 10.6 Å². The molecule has 2 N–H and O–H groups in total. The number of aromatic nitrogens is 1. The van der Waals surface area contributed by atoms with Gasteiger partial charge in [0.25, 0.3) is 5.91 Å². The summed E-state index contributed by atoms with van der Waals surface area (Å²) >= 11 is 12.1.